The Kier molecular flexibility index (Phi) is 5.01. The van der Waals surface area contributed by atoms with Gasteiger partial charge in [-0.05, 0) is 17.7 Å². The van der Waals surface area contributed by atoms with Crippen LogP contribution in [0.4, 0.5) is 13.2 Å². The summed E-state index contributed by atoms with van der Waals surface area (Å²) in [5.74, 6) is -0.629. The van der Waals surface area contributed by atoms with Gasteiger partial charge >= 0.3 is 6.18 Å². The van der Waals surface area contributed by atoms with Gasteiger partial charge in [0, 0.05) is 13.2 Å². The number of rotatable bonds is 4. The molecule has 124 valence electrons. The molecular formula is C15H14ClF3N2O2. The second-order valence-corrected chi connectivity index (χ2v) is 5.38. The summed E-state index contributed by atoms with van der Waals surface area (Å²) in [7, 11) is 1.58. The van der Waals surface area contributed by atoms with E-state index in [1.807, 2.05) is 0 Å². The zero-order chi connectivity index (χ0) is 17.2. The molecule has 0 bridgehead atoms. The Balaban J connectivity index is 2.31. The number of benzene rings is 1. The fraction of sp³-hybridized carbons (Fsp3) is 0.267. The van der Waals surface area contributed by atoms with Crippen molar-refractivity contribution in [2.24, 2.45) is 7.05 Å². The molecule has 2 N–H and O–H groups in total. The van der Waals surface area contributed by atoms with Gasteiger partial charge in [-0.2, -0.15) is 13.2 Å². The van der Waals surface area contributed by atoms with Crippen molar-refractivity contribution < 1.29 is 23.1 Å². The Bertz CT molecular complexity index is 713. The number of hydrogen-bond acceptors (Lipinski definition) is 2. The minimum absolute atomic E-state index is 0.179. The molecule has 2 rings (SSSR count). The number of carbonyl (C=O) groups excluding carboxylic acids is 1. The summed E-state index contributed by atoms with van der Waals surface area (Å²) in [4.78, 5) is 12.2. The van der Waals surface area contributed by atoms with Crippen LogP contribution in [0.1, 0.15) is 27.7 Å². The maximum absolute atomic E-state index is 13.1. The van der Waals surface area contributed by atoms with E-state index in [0.29, 0.717) is 5.02 Å². The lowest BCUT2D eigenvalue weighted by Gasteiger charge is -2.21. The standard InChI is InChI=1S/C15H14ClF3N2O2/c1-21-7-9(16)6-13(21)14(23)20-12(8-22)10-4-2-3-5-11(10)15(17,18)19/h2-7,12,22H,8H2,1H3,(H,20,23). The molecule has 1 unspecified atom stereocenters. The summed E-state index contributed by atoms with van der Waals surface area (Å²) in [6.07, 6.45) is -3.09. The van der Waals surface area contributed by atoms with E-state index in [9.17, 15) is 23.1 Å². The first-order valence-electron chi connectivity index (χ1n) is 6.63. The van der Waals surface area contributed by atoms with Gasteiger partial charge in [0.2, 0.25) is 0 Å². The zero-order valence-electron chi connectivity index (χ0n) is 12.1. The van der Waals surface area contributed by atoms with Gasteiger partial charge in [0.25, 0.3) is 5.91 Å². The van der Waals surface area contributed by atoms with Crippen molar-refractivity contribution in [3.05, 3.63) is 58.4 Å². The summed E-state index contributed by atoms with van der Waals surface area (Å²) in [5, 5.41) is 12.2. The highest BCUT2D eigenvalue weighted by Crippen LogP contribution is 2.34. The highest BCUT2D eigenvalue weighted by atomic mass is 35.5. The minimum Gasteiger partial charge on any atom is -0.394 e. The largest absolute Gasteiger partial charge is 0.416 e. The maximum atomic E-state index is 13.1. The highest BCUT2D eigenvalue weighted by Gasteiger charge is 2.35. The predicted molar refractivity (Wildman–Crippen MR) is 79.2 cm³/mol. The van der Waals surface area contributed by atoms with Gasteiger partial charge in [0.1, 0.15) is 5.69 Å². The number of nitrogens with one attached hydrogen (secondary N) is 1. The molecule has 8 heteroatoms. The van der Waals surface area contributed by atoms with Crippen molar-refractivity contribution >= 4 is 17.5 Å². The van der Waals surface area contributed by atoms with Crippen LogP contribution in [0.15, 0.2) is 36.5 Å². The van der Waals surface area contributed by atoms with E-state index in [2.05, 4.69) is 5.32 Å². The molecule has 4 nitrogen and oxygen atoms in total. The minimum atomic E-state index is -4.58. The van der Waals surface area contributed by atoms with Crippen LogP contribution in [0, 0.1) is 0 Å². The average Bonchev–Trinajstić information content (AvgIpc) is 2.82. The maximum Gasteiger partial charge on any atom is 0.416 e. The van der Waals surface area contributed by atoms with Crippen LogP contribution in [0.25, 0.3) is 0 Å². The molecule has 0 radical (unpaired) electrons. The molecule has 0 fully saturated rings. The van der Waals surface area contributed by atoms with E-state index >= 15 is 0 Å². The van der Waals surface area contributed by atoms with Crippen molar-refractivity contribution in [2.75, 3.05) is 6.61 Å². The third-order valence-corrected chi connectivity index (χ3v) is 3.54. The third-order valence-electron chi connectivity index (χ3n) is 3.33. The highest BCUT2D eigenvalue weighted by molar-refractivity contribution is 6.31. The van der Waals surface area contributed by atoms with E-state index in [1.165, 1.54) is 35.0 Å². The van der Waals surface area contributed by atoms with E-state index in [0.717, 1.165) is 6.07 Å². The second kappa shape index (κ2) is 6.64. The van der Waals surface area contributed by atoms with Crippen LogP contribution >= 0.6 is 11.6 Å². The van der Waals surface area contributed by atoms with Gasteiger partial charge in [-0.3, -0.25) is 4.79 Å². The molecular weight excluding hydrogens is 333 g/mol. The molecule has 0 aliphatic rings. The van der Waals surface area contributed by atoms with Gasteiger partial charge in [-0.1, -0.05) is 29.8 Å². The Hall–Kier alpha value is -1.99. The predicted octanol–water partition coefficient (Wildman–Crippen LogP) is 3.16. The molecule has 0 aliphatic carbocycles. The van der Waals surface area contributed by atoms with Crippen molar-refractivity contribution in [3.63, 3.8) is 0 Å². The van der Waals surface area contributed by atoms with Gasteiger partial charge in [0.05, 0.1) is 23.2 Å². The van der Waals surface area contributed by atoms with Gasteiger partial charge in [-0.15, -0.1) is 0 Å². The number of amides is 1. The number of aryl methyl sites for hydroxylation is 1. The number of halogens is 4. The fourth-order valence-corrected chi connectivity index (χ4v) is 2.51. The topological polar surface area (TPSA) is 54.3 Å². The summed E-state index contributed by atoms with van der Waals surface area (Å²) in [5.41, 5.74) is -0.918. The molecule has 2 aromatic rings. The normalized spacial score (nSPS) is 13.0. The van der Waals surface area contributed by atoms with Gasteiger partial charge < -0.3 is 15.0 Å². The fourth-order valence-electron chi connectivity index (χ4n) is 2.26. The molecule has 0 aliphatic heterocycles. The zero-order valence-corrected chi connectivity index (χ0v) is 12.8. The quantitative estimate of drug-likeness (QED) is 0.893. The average molecular weight is 347 g/mol. The molecule has 0 saturated heterocycles. The van der Waals surface area contributed by atoms with Crippen molar-refractivity contribution in [3.8, 4) is 0 Å². The SMILES string of the molecule is Cn1cc(Cl)cc1C(=O)NC(CO)c1ccccc1C(F)(F)F. The van der Waals surface area contributed by atoms with Crippen molar-refractivity contribution in [2.45, 2.75) is 12.2 Å². The lowest BCUT2D eigenvalue weighted by Crippen LogP contribution is -2.33. The Morgan fingerprint density at radius 2 is 2.04 bits per heavy atom. The summed E-state index contributed by atoms with van der Waals surface area (Å²) >= 11 is 5.78. The van der Waals surface area contributed by atoms with Crippen molar-refractivity contribution in [1.82, 2.24) is 9.88 Å². The van der Waals surface area contributed by atoms with Gasteiger partial charge in [0.15, 0.2) is 0 Å². The van der Waals surface area contributed by atoms with Crippen LogP contribution in [0.2, 0.25) is 5.02 Å². The lowest BCUT2D eigenvalue weighted by atomic mass is 10.00. The molecule has 0 saturated carbocycles. The third kappa shape index (κ3) is 3.86. The smallest absolute Gasteiger partial charge is 0.394 e. The van der Waals surface area contributed by atoms with Crippen LogP contribution in [-0.2, 0) is 13.2 Å². The van der Waals surface area contributed by atoms with E-state index in [-0.39, 0.29) is 11.3 Å². The molecule has 1 amide bonds. The number of alkyl halides is 3. The number of carbonyl (C=O) groups is 1. The van der Waals surface area contributed by atoms with Crippen LogP contribution in [-0.4, -0.2) is 22.2 Å². The molecule has 1 aromatic heterocycles. The first-order chi connectivity index (χ1) is 10.7. The summed E-state index contributed by atoms with van der Waals surface area (Å²) in [6.45, 7) is -0.670. The van der Waals surface area contributed by atoms with E-state index in [1.54, 1.807) is 7.05 Å². The van der Waals surface area contributed by atoms with E-state index in [4.69, 9.17) is 11.6 Å². The van der Waals surface area contributed by atoms with Crippen LogP contribution in [0.3, 0.4) is 0 Å². The molecule has 1 heterocycles. The number of aliphatic hydroxyl groups excluding tert-OH is 1. The van der Waals surface area contributed by atoms with Gasteiger partial charge in [-0.25, -0.2) is 0 Å². The van der Waals surface area contributed by atoms with E-state index < -0.39 is 30.3 Å². The second-order valence-electron chi connectivity index (χ2n) is 4.95. The number of nitrogens with zero attached hydrogens (tertiary/aromatic N) is 1. The molecule has 0 spiro atoms. The molecule has 1 atom stereocenters. The lowest BCUT2D eigenvalue weighted by molar-refractivity contribution is -0.138. The number of aliphatic hydroxyl groups is 1. The Morgan fingerprint density at radius 1 is 1.39 bits per heavy atom. The first kappa shape index (κ1) is 17.4. The Labute approximate surface area is 135 Å². The summed E-state index contributed by atoms with van der Waals surface area (Å²) in [6, 6.07) is 5.00. The number of hydrogen-bond donors (Lipinski definition) is 2. The van der Waals surface area contributed by atoms with Crippen molar-refractivity contribution in [1.29, 1.82) is 0 Å². The molecule has 23 heavy (non-hydrogen) atoms. The number of aromatic nitrogens is 1. The Morgan fingerprint density at radius 3 is 2.57 bits per heavy atom. The van der Waals surface area contributed by atoms with Crippen LogP contribution < -0.4 is 5.32 Å². The summed E-state index contributed by atoms with van der Waals surface area (Å²) < 4.78 is 40.6. The van der Waals surface area contributed by atoms with Crippen LogP contribution in [0.5, 0.6) is 0 Å². The molecule has 1 aromatic carbocycles. The monoisotopic (exact) mass is 346 g/mol. The first-order valence-corrected chi connectivity index (χ1v) is 7.01.